The summed E-state index contributed by atoms with van der Waals surface area (Å²) in [6.07, 6.45) is 4.12. The second-order valence-electron chi connectivity index (χ2n) is 7.71. The third-order valence-electron chi connectivity index (χ3n) is 5.32. The van der Waals surface area contributed by atoms with E-state index in [-0.39, 0.29) is 5.60 Å². The summed E-state index contributed by atoms with van der Waals surface area (Å²) in [5.41, 5.74) is 2.10. The Morgan fingerprint density at radius 1 is 1.24 bits per heavy atom. The minimum atomic E-state index is -0.118. The summed E-state index contributed by atoms with van der Waals surface area (Å²) < 4.78 is 16.7. The molecule has 1 fully saturated rings. The number of guanidine groups is 1. The third-order valence-corrected chi connectivity index (χ3v) is 5.32. The lowest BCUT2D eigenvalue weighted by atomic mass is 10.0. The first kappa shape index (κ1) is 21.3. The average Bonchev–Trinajstić information content (AvgIpc) is 3.34. The molecule has 0 bridgehead atoms. The molecule has 1 aliphatic heterocycles. The normalized spacial score (nSPS) is 19.5. The van der Waals surface area contributed by atoms with Crippen molar-refractivity contribution in [1.82, 2.24) is 15.6 Å². The lowest BCUT2D eigenvalue weighted by molar-refractivity contribution is 0.0283. The van der Waals surface area contributed by atoms with Gasteiger partial charge in [0.15, 0.2) is 5.96 Å². The van der Waals surface area contributed by atoms with Crippen LogP contribution in [0, 0.1) is 0 Å². The quantitative estimate of drug-likeness (QED) is 0.341. The van der Waals surface area contributed by atoms with Gasteiger partial charge < -0.3 is 29.8 Å². The van der Waals surface area contributed by atoms with Gasteiger partial charge in [0.05, 0.1) is 31.9 Å². The molecule has 2 aromatic rings. The van der Waals surface area contributed by atoms with E-state index in [9.17, 15) is 0 Å². The van der Waals surface area contributed by atoms with Gasteiger partial charge in [-0.05, 0) is 45.6 Å². The molecule has 2 heterocycles. The fourth-order valence-corrected chi connectivity index (χ4v) is 3.69. The SMILES string of the molecule is CCNC(=NCC1(C)CCCO1)NCCCc1cc2c(OC)cc(OC)cc2[nH]1. The summed E-state index contributed by atoms with van der Waals surface area (Å²) >= 11 is 0. The van der Waals surface area contributed by atoms with E-state index in [1.54, 1.807) is 14.2 Å². The number of rotatable bonds is 9. The molecule has 1 aromatic heterocycles. The predicted molar refractivity (Wildman–Crippen MR) is 117 cm³/mol. The van der Waals surface area contributed by atoms with E-state index in [1.165, 1.54) is 5.69 Å². The van der Waals surface area contributed by atoms with Crippen LogP contribution in [0.2, 0.25) is 0 Å². The van der Waals surface area contributed by atoms with Crippen molar-refractivity contribution >= 4 is 16.9 Å². The van der Waals surface area contributed by atoms with Crippen LogP contribution in [-0.2, 0) is 11.2 Å². The maximum atomic E-state index is 5.83. The molecule has 0 spiro atoms. The Balaban J connectivity index is 1.54. The molecule has 1 aromatic carbocycles. The number of benzene rings is 1. The molecule has 3 N–H and O–H groups in total. The van der Waals surface area contributed by atoms with Crippen LogP contribution in [0.25, 0.3) is 10.9 Å². The molecular formula is C22H34N4O3. The van der Waals surface area contributed by atoms with Gasteiger partial charge in [-0.2, -0.15) is 0 Å². The number of nitrogens with zero attached hydrogens (tertiary/aromatic N) is 1. The number of aromatic amines is 1. The van der Waals surface area contributed by atoms with Crippen LogP contribution >= 0.6 is 0 Å². The molecular weight excluding hydrogens is 368 g/mol. The summed E-state index contributed by atoms with van der Waals surface area (Å²) in [7, 11) is 3.35. The Hall–Kier alpha value is -2.41. The summed E-state index contributed by atoms with van der Waals surface area (Å²) in [4.78, 5) is 8.19. The monoisotopic (exact) mass is 402 g/mol. The van der Waals surface area contributed by atoms with Gasteiger partial charge in [-0.25, -0.2) is 0 Å². The Labute approximate surface area is 173 Å². The Morgan fingerprint density at radius 3 is 2.79 bits per heavy atom. The Bertz CT molecular complexity index is 825. The van der Waals surface area contributed by atoms with Crippen LogP contribution in [0.3, 0.4) is 0 Å². The van der Waals surface area contributed by atoms with Gasteiger partial charge in [0, 0.05) is 42.9 Å². The van der Waals surface area contributed by atoms with Gasteiger partial charge >= 0.3 is 0 Å². The number of methoxy groups -OCH3 is 2. The van der Waals surface area contributed by atoms with Crippen LogP contribution in [-0.4, -0.2) is 57.0 Å². The largest absolute Gasteiger partial charge is 0.497 e. The number of aromatic nitrogens is 1. The molecule has 29 heavy (non-hydrogen) atoms. The molecule has 7 nitrogen and oxygen atoms in total. The van der Waals surface area contributed by atoms with E-state index < -0.39 is 0 Å². The van der Waals surface area contributed by atoms with E-state index in [4.69, 9.17) is 19.2 Å². The molecule has 0 aliphatic carbocycles. The number of ether oxygens (including phenoxy) is 3. The number of fused-ring (bicyclic) bond motifs is 1. The summed E-state index contributed by atoms with van der Waals surface area (Å²) in [5, 5.41) is 7.83. The Morgan fingerprint density at radius 2 is 2.10 bits per heavy atom. The lowest BCUT2D eigenvalue weighted by Gasteiger charge is -2.21. The maximum absolute atomic E-state index is 5.83. The van der Waals surface area contributed by atoms with Crippen molar-refractivity contribution in [2.45, 2.75) is 45.1 Å². The van der Waals surface area contributed by atoms with E-state index in [0.717, 1.165) is 73.7 Å². The molecule has 1 saturated heterocycles. The molecule has 0 saturated carbocycles. The number of hydrogen-bond acceptors (Lipinski definition) is 4. The number of nitrogens with one attached hydrogen (secondary N) is 3. The highest BCUT2D eigenvalue weighted by atomic mass is 16.5. The van der Waals surface area contributed by atoms with Gasteiger partial charge in [0.25, 0.3) is 0 Å². The molecule has 1 unspecified atom stereocenters. The van der Waals surface area contributed by atoms with E-state index >= 15 is 0 Å². The minimum Gasteiger partial charge on any atom is -0.497 e. The highest BCUT2D eigenvalue weighted by Crippen LogP contribution is 2.31. The van der Waals surface area contributed by atoms with Crippen LogP contribution in [0.15, 0.2) is 23.2 Å². The van der Waals surface area contributed by atoms with E-state index in [0.29, 0.717) is 6.54 Å². The minimum absolute atomic E-state index is 0.118. The van der Waals surface area contributed by atoms with Crippen molar-refractivity contribution in [3.05, 3.63) is 23.9 Å². The van der Waals surface area contributed by atoms with Gasteiger partial charge in [-0.15, -0.1) is 0 Å². The van der Waals surface area contributed by atoms with Crippen molar-refractivity contribution in [2.24, 2.45) is 4.99 Å². The zero-order chi connectivity index (χ0) is 20.7. The molecule has 0 radical (unpaired) electrons. The van der Waals surface area contributed by atoms with Crippen molar-refractivity contribution < 1.29 is 14.2 Å². The van der Waals surface area contributed by atoms with Crippen molar-refractivity contribution in [3.63, 3.8) is 0 Å². The smallest absolute Gasteiger partial charge is 0.191 e. The van der Waals surface area contributed by atoms with Gasteiger partial charge in [0.1, 0.15) is 11.5 Å². The standard InChI is InChI=1S/C22H34N4O3/c1-5-23-21(25-15-22(2)9-7-11-29-22)24-10-6-8-16-12-18-19(26-16)13-17(27-3)14-20(18)28-4/h12-14,26H,5-11,15H2,1-4H3,(H2,23,24,25). The lowest BCUT2D eigenvalue weighted by Crippen LogP contribution is -2.39. The first-order valence-electron chi connectivity index (χ1n) is 10.5. The maximum Gasteiger partial charge on any atom is 0.191 e. The zero-order valence-corrected chi connectivity index (χ0v) is 18.1. The fraction of sp³-hybridized carbons (Fsp3) is 0.591. The topological polar surface area (TPSA) is 79.9 Å². The van der Waals surface area contributed by atoms with Crippen molar-refractivity contribution in [1.29, 1.82) is 0 Å². The molecule has 7 heteroatoms. The van der Waals surface area contributed by atoms with Crippen LogP contribution in [0.4, 0.5) is 0 Å². The number of aryl methyl sites for hydroxylation is 1. The van der Waals surface area contributed by atoms with E-state index in [2.05, 4.69) is 35.5 Å². The molecule has 1 atom stereocenters. The molecule has 160 valence electrons. The van der Waals surface area contributed by atoms with Crippen molar-refractivity contribution in [3.8, 4) is 11.5 Å². The highest BCUT2D eigenvalue weighted by Gasteiger charge is 2.29. The number of aliphatic imine (C=N–C) groups is 1. The van der Waals surface area contributed by atoms with Crippen LogP contribution in [0.1, 0.15) is 38.8 Å². The van der Waals surface area contributed by atoms with Gasteiger partial charge in [0.2, 0.25) is 0 Å². The number of hydrogen-bond donors (Lipinski definition) is 3. The van der Waals surface area contributed by atoms with E-state index in [1.807, 2.05) is 12.1 Å². The summed E-state index contributed by atoms with van der Waals surface area (Å²) in [5.74, 6) is 2.47. The molecule has 3 rings (SSSR count). The number of H-pyrrole nitrogens is 1. The predicted octanol–water partition coefficient (Wildman–Crippen LogP) is 3.24. The van der Waals surface area contributed by atoms with Crippen molar-refractivity contribution in [2.75, 3.05) is 40.5 Å². The first-order valence-corrected chi connectivity index (χ1v) is 10.5. The fourth-order valence-electron chi connectivity index (χ4n) is 3.69. The summed E-state index contributed by atoms with van der Waals surface area (Å²) in [6, 6.07) is 6.07. The van der Waals surface area contributed by atoms with Gasteiger partial charge in [-0.3, -0.25) is 4.99 Å². The summed E-state index contributed by atoms with van der Waals surface area (Å²) in [6.45, 7) is 7.44. The van der Waals surface area contributed by atoms with Crippen LogP contribution < -0.4 is 20.1 Å². The second-order valence-corrected chi connectivity index (χ2v) is 7.71. The zero-order valence-electron chi connectivity index (χ0n) is 18.1. The Kier molecular flexibility index (Phi) is 7.25. The van der Waals surface area contributed by atoms with Gasteiger partial charge in [-0.1, -0.05) is 0 Å². The van der Waals surface area contributed by atoms with Crippen LogP contribution in [0.5, 0.6) is 11.5 Å². The molecule has 1 aliphatic rings. The first-order chi connectivity index (χ1) is 14.1. The third kappa shape index (κ3) is 5.56. The second kappa shape index (κ2) is 9.87. The molecule has 0 amide bonds. The average molecular weight is 403 g/mol. The highest BCUT2D eigenvalue weighted by molar-refractivity contribution is 5.88.